The van der Waals surface area contributed by atoms with Crippen LogP contribution in [0.3, 0.4) is 0 Å². The van der Waals surface area contributed by atoms with Gasteiger partial charge in [-0.25, -0.2) is 0 Å². The van der Waals surface area contributed by atoms with E-state index in [9.17, 15) is 30.3 Å². The number of methoxy groups -OCH3 is 1. The second-order valence-corrected chi connectivity index (χ2v) is 16.7. The molecule has 0 aromatic rings. The fourth-order valence-electron chi connectivity index (χ4n) is 8.36. The zero-order chi connectivity index (χ0) is 38.8. The highest BCUT2D eigenvalue weighted by molar-refractivity contribution is 5.73. The summed E-state index contributed by atoms with van der Waals surface area (Å²) in [6.07, 6.45) is -8.22. The van der Waals surface area contributed by atoms with Crippen LogP contribution in [0.25, 0.3) is 0 Å². The quantitative estimate of drug-likeness (QED) is 0.207. The van der Waals surface area contributed by atoms with Crippen LogP contribution in [-0.2, 0) is 33.2 Å². The first-order valence-corrected chi connectivity index (χ1v) is 18.8. The Kier molecular flexibility index (Phi) is 15.3. The van der Waals surface area contributed by atoms with Crippen molar-refractivity contribution >= 4 is 5.97 Å². The molecule has 0 saturated carbocycles. The predicted molar refractivity (Wildman–Crippen MR) is 190 cm³/mol. The molecule has 14 nitrogen and oxygen atoms in total. The molecule has 0 radical (unpaired) electrons. The molecule has 3 saturated heterocycles. The summed E-state index contributed by atoms with van der Waals surface area (Å²) < 4.78 is 37.4. The summed E-state index contributed by atoms with van der Waals surface area (Å²) in [4.78, 5) is 16.1. The summed E-state index contributed by atoms with van der Waals surface area (Å²) >= 11 is 0. The van der Waals surface area contributed by atoms with Crippen molar-refractivity contribution in [2.45, 2.75) is 185 Å². The molecule has 0 unspecified atom stereocenters. The molecule has 3 aliphatic heterocycles. The van der Waals surface area contributed by atoms with Crippen LogP contribution in [0.15, 0.2) is 0 Å². The van der Waals surface area contributed by atoms with Crippen LogP contribution in [-0.4, -0.2) is 154 Å². The number of carbonyl (C=O) groups excluding carboxylic acids is 1. The van der Waals surface area contributed by atoms with Gasteiger partial charge in [0, 0.05) is 31.5 Å². The number of rotatable bonds is 7. The van der Waals surface area contributed by atoms with Crippen LogP contribution in [0.1, 0.15) is 94.9 Å². The van der Waals surface area contributed by atoms with Crippen LogP contribution in [0, 0.1) is 17.8 Å². The number of cyclic esters (lactones) is 1. The molecule has 3 fully saturated rings. The number of ether oxygens (including phenoxy) is 6. The Labute approximate surface area is 305 Å². The first kappa shape index (κ1) is 44.4. The molecule has 14 heteroatoms. The molecule has 18 atom stereocenters. The van der Waals surface area contributed by atoms with Crippen LogP contribution in [0.5, 0.6) is 0 Å². The SMILES string of the molecule is CC[C@@H]1OC(=O)[C@@H](C)[C@H](O[C@@H]2C[C@](C)(OC)[C@H](O)[C@@H](C)O2)[C@@H](C)[C@H](O[C@H]2O[C@@H](C)C[C@@H](N(C)C)[C@@H]2O)[C@@](C)(O)C[C@H](C)CN[C@@H](C)[C@H](O)[C@@]1(C)O. The Morgan fingerprint density at radius 3 is 2.14 bits per heavy atom. The first-order valence-electron chi connectivity index (χ1n) is 18.8. The normalized spacial score (nSPS) is 49.9. The monoisotopic (exact) mass is 734 g/mol. The number of aliphatic hydroxyl groups excluding tert-OH is 3. The van der Waals surface area contributed by atoms with Crippen LogP contribution >= 0.6 is 0 Å². The third-order valence-corrected chi connectivity index (χ3v) is 11.7. The van der Waals surface area contributed by atoms with Gasteiger partial charge < -0.3 is 64.2 Å². The van der Waals surface area contributed by atoms with E-state index in [-0.39, 0.29) is 37.3 Å². The van der Waals surface area contributed by atoms with Gasteiger partial charge in [0.2, 0.25) is 0 Å². The van der Waals surface area contributed by atoms with Gasteiger partial charge in [0.25, 0.3) is 0 Å². The zero-order valence-electron chi connectivity index (χ0n) is 33.2. The topological polar surface area (TPSA) is 189 Å². The number of nitrogens with zero attached hydrogens (tertiary/aromatic N) is 1. The van der Waals surface area contributed by atoms with Crippen LogP contribution in [0.2, 0.25) is 0 Å². The molecule has 0 aliphatic carbocycles. The number of hydrogen-bond acceptors (Lipinski definition) is 14. The fraction of sp³-hybridized carbons (Fsp3) is 0.973. The summed E-state index contributed by atoms with van der Waals surface area (Å²) in [6, 6.07) is -0.858. The van der Waals surface area contributed by atoms with Gasteiger partial charge in [-0.05, 0) is 94.3 Å². The minimum absolute atomic E-state index is 0.132. The minimum Gasteiger partial charge on any atom is -0.459 e. The number of nitrogens with one attached hydrogen (secondary N) is 1. The van der Waals surface area contributed by atoms with Gasteiger partial charge in [-0.15, -0.1) is 0 Å². The summed E-state index contributed by atoms with van der Waals surface area (Å²) in [7, 11) is 5.27. The van der Waals surface area contributed by atoms with Gasteiger partial charge in [0.05, 0.1) is 41.5 Å². The molecule has 3 rings (SSSR count). The summed E-state index contributed by atoms with van der Waals surface area (Å²) in [6.45, 7) is 17.8. The van der Waals surface area contributed by atoms with E-state index in [1.54, 1.807) is 41.5 Å². The van der Waals surface area contributed by atoms with Gasteiger partial charge in [-0.2, -0.15) is 0 Å². The molecular formula is C37H70N2O12. The Hall–Kier alpha value is -1.01. The Morgan fingerprint density at radius 1 is 0.941 bits per heavy atom. The zero-order valence-corrected chi connectivity index (χ0v) is 33.2. The second-order valence-electron chi connectivity index (χ2n) is 16.7. The van der Waals surface area contributed by atoms with Gasteiger partial charge >= 0.3 is 5.97 Å². The lowest BCUT2D eigenvalue weighted by Crippen LogP contribution is -2.60. The lowest BCUT2D eigenvalue weighted by molar-refractivity contribution is -0.318. The lowest BCUT2D eigenvalue weighted by atomic mass is 9.77. The van der Waals surface area contributed by atoms with E-state index < -0.39 is 96.0 Å². The van der Waals surface area contributed by atoms with Gasteiger partial charge in [-0.3, -0.25) is 4.79 Å². The first-order chi connectivity index (χ1) is 23.5. The second kappa shape index (κ2) is 17.6. The number of hydrogen-bond donors (Lipinski definition) is 6. The van der Waals surface area contributed by atoms with Crippen molar-refractivity contribution in [1.82, 2.24) is 10.2 Å². The van der Waals surface area contributed by atoms with Crippen LogP contribution < -0.4 is 5.32 Å². The van der Waals surface area contributed by atoms with E-state index in [0.29, 0.717) is 13.0 Å². The van der Waals surface area contributed by atoms with Crippen molar-refractivity contribution in [1.29, 1.82) is 0 Å². The molecule has 3 aliphatic rings. The Bertz CT molecular complexity index is 1110. The maximum absolute atomic E-state index is 14.1. The minimum atomic E-state index is -1.80. The van der Waals surface area contributed by atoms with E-state index in [0.717, 1.165) is 0 Å². The largest absolute Gasteiger partial charge is 0.459 e. The smallest absolute Gasteiger partial charge is 0.311 e. The maximum atomic E-state index is 14.1. The summed E-state index contributed by atoms with van der Waals surface area (Å²) in [5.41, 5.74) is -4.37. The van der Waals surface area contributed by atoms with E-state index in [1.807, 2.05) is 39.8 Å². The molecule has 51 heavy (non-hydrogen) atoms. The molecule has 0 amide bonds. The van der Waals surface area contributed by atoms with Gasteiger partial charge in [0.15, 0.2) is 12.6 Å². The molecule has 300 valence electrons. The molecule has 6 N–H and O–H groups in total. The standard InChI is InChI=1S/C37H70N2O12/c1-14-26-37(10,45)30(41)23(6)38-18-19(2)16-35(8,44)32(51-34-28(40)25(39(11)12)15-20(3)47-34)21(4)29(22(5)33(43)49-26)50-27-17-36(9,46-13)31(42)24(7)48-27/h19-32,34,38,40-42,44-45H,14-18H2,1-13H3/t19-,20-,21+,22-,23-,24+,25+,26-,27+,28-,29+,30-,31+,32-,34+,35-,36-,37-/m0/s1. The number of likely N-dealkylation sites (N-methyl/N-ethyl adjacent to an activating group) is 1. The fourth-order valence-corrected chi connectivity index (χ4v) is 8.36. The van der Waals surface area contributed by atoms with Crippen molar-refractivity contribution in [2.24, 2.45) is 17.8 Å². The summed E-state index contributed by atoms with van der Waals surface area (Å²) in [5.74, 6) is -2.60. The predicted octanol–water partition coefficient (Wildman–Crippen LogP) is 1.56. The number of esters is 1. The molecular weight excluding hydrogens is 664 g/mol. The highest BCUT2D eigenvalue weighted by Crippen LogP contribution is 2.40. The maximum Gasteiger partial charge on any atom is 0.311 e. The van der Waals surface area contributed by atoms with Crippen molar-refractivity contribution in [3.05, 3.63) is 0 Å². The number of carbonyl (C=O) groups is 1. The van der Waals surface area contributed by atoms with Crippen molar-refractivity contribution in [3.8, 4) is 0 Å². The molecule has 0 aromatic heterocycles. The molecule has 0 aromatic carbocycles. The lowest BCUT2D eigenvalue weighted by Gasteiger charge is -2.48. The average Bonchev–Trinajstić information content (AvgIpc) is 3.05. The third-order valence-electron chi connectivity index (χ3n) is 11.7. The highest BCUT2D eigenvalue weighted by atomic mass is 16.7. The van der Waals surface area contributed by atoms with Crippen molar-refractivity contribution in [2.75, 3.05) is 27.7 Å². The number of aliphatic hydroxyl groups is 5. The van der Waals surface area contributed by atoms with E-state index in [2.05, 4.69) is 5.32 Å². The highest BCUT2D eigenvalue weighted by Gasteiger charge is 2.52. The Balaban J connectivity index is 2.15. The van der Waals surface area contributed by atoms with Crippen LogP contribution in [0.4, 0.5) is 0 Å². The third kappa shape index (κ3) is 10.2. The molecule has 0 bridgehead atoms. The van der Waals surface area contributed by atoms with E-state index in [4.69, 9.17) is 28.4 Å². The average molecular weight is 735 g/mol. The summed E-state index contributed by atoms with van der Waals surface area (Å²) in [5, 5.41) is 60.9. The molecule has 0 spiro atoms. The van der Waals surface area contributed by atoms with Crippen molar-refractivity contribution < 1.29 is 58.7 Å². The van der Waals surface area contributed by atoms with E-state index in [1.165, 1.54) is 14.0 Å². The Morgan fingerprint density at radius 2 is 1.57 bits per heavy atom. The molecule has 3 heterocycles. The van der Waals surface area contributed by atoms with Gasteiger partial charge in [0.1, 0.15) is 30.0 Å². The van der Waals surface area contributed by atoms with E-state index >= 15 is 0 Å². The van der Waals surface area contributed by atoms with Crippen molar-refractivity contribution in [3.63, 3.8) is 0 Å². The van der Waals surface area contributed by atoms with Gasteiger partial charge in [-0.1, -0.05) is 20.8 Å².